The minimum absolute atomic E-state index is 0.127. The largest absolute Gasteiger partial charge is 0.331 e. The van der Waals surface area contributed by atoms with Gasteiger partial charge >= 0.3 is 0 Å². The first kappa shape index (κ1) is 17.1. The minimum atomic E-state index is -0.246. The zero-order valence-electron chi connectivity index (χ0n) is 13.7. The SMILES string of the molecule is CCCN(Cc1nc2cc(Cl)ccc2c(=O)[nH]1)C(=O)c1ccncc1. The van der Waals surface area contributed by atoms with Gasteiger partial charge in [-0.1, -0.05) is 18.5 Å². The molecule has 3 rings (SSSR count). The second-order valence-electron chi connectivity index (χ2n) is 5.64. The third kappa shape index (κ3) is 3.85. The van der Waals surface area contributed by atoms with Crippen LogP contribution in [0.5, 0.6) is 0 Å². The van der Waals surface area contributed by atoms with Crippen LogP contribution in [0, 0.1) is 0 Å². The Hall–Kier alpha value is -2.73. The van der Waals surface area contributed by atoms with Gasteiger partial charge in [0.2, 0.25) is 0 Å². The van der Waals surface area contributed by atoms with E-state index in [1.165, 1.54) is 0 Å². The number of nitrogens with zero attached hydrogens (tertiary/aromatic N) is 3. The number of aromatic amines is 1. The fourth-order valence-electron chi connectivity index (χ4n) is 2.62. The Morgan fingerprint density at radius 3 is 2.72 bits per heavy atom. The van der Waals surface area contributed by atoms with E-state index >= 15 is 0 Å². The lowest BCUT2D eigenvalue weighted by molar-refractivity contribution is 0.0738. The third-order valence-electron chi connectivity index (χ3n) is 3.77. The molecule has 0 saturated carbocycles. The summed E-state index contributed by atoms with van der Waals surface area (Å²) in [6, 6.07) is 8.27. The molecule has 1 N–H and O–H groups in total. The smallest absolute Gasteiger partial charge is 0.258 e. The van der Waals surface area contributed by atoms with E-state index in [0.717, 1.165) is 6.42 Å². The maximum absolute atomic E-state index is 12.7. The summed E-state index contributed by atoms with van der Waals surface area (Å²) in [5.41, 5.74) is 0.818. The van der Waals surface area contributed by atoms with Gasteiger partial charge in [0, 0.05) is 29.5 Å². The van der Waals surface area contributed by atoms with Crippen LogP contribution < -0.4 is 5.56 Å². The van der Waals surface area contributed by atoms with Gasteiger partial charge in [-0.3, -0.25) is 14.6 Å². The van der Waals surface area contributed by atoms with Crippen LogP contribution in [0.1, 0.15) is 29.5 Å². The molecule has 1 amide bonds. The molecular weight excluding hydrogens is 340 g/mol. The molecule has 25 heavy (non-hydrogen) atoms. The van der Waals surface area contributed by atoms with Crippen molar-refractivity contribution in [3.63, 3.8) is 0 Å². The van der Waals surface area contributed by atoms with Crippen molar-refractivity contribution >= 4 is 28.4 Å². The summed E-state index contributed by atoms with van der Waals surface area (Å²) in [5, 5.41) is 0.977. The number of halogens is 1. The topological polar surface area (TPSA) is 79.0 Å². The molecule has 0 aliphatic heterocycles. The number of pyridine rings is 1. The summed E-state index contributed by atoms with van der Waals surface area (Å²) >= 11 is 5.99. The van der Waals surface area contributed by atoms with Crippen molar-refractivity contribution in [1.29, 1.82) is 0 Å². The summed E-state index contributed by atoms with van der Waals surface area (Å²) in [5.74, 6) is 0.300. The number of carbonyl (C=O) groups excluding carboxylic acids is 1. The maximum Gasteiger partial charge on any atom is 0.258 e. The number of H-pyrrole nitrogens is 1. The van der Waals surface area contributed by atoms with E-state index < -0.39 is 0 Å². The van der Waals surface area contributed by atoms with Crippen LogP contribution in [0.2, 0.25) is 5.02 Å². The van der Waals surface area contributed by atoms with E-state index in [2.05, 4.69) is 15.0 Å². The summed E-state index contributed by atoms with van der Waals surface area (Å²) in [4.78, 5) is 37.7. The van der Waals surface area contributed by atoms with Crippen LogP contribution in [0.3, 0.4) is 0 Å². The number of fused-ring (bicyclic) bond motifs is 1. The highest BCUT2D eigenvalue weighted by Gasteiger charge is 2.17. The Labute approximate surface area is 149 Å². The van der Waals surface area contributed by atoms with Gasteiger partial charge in [-0.25, -0.2) is 4.98 Å². The Bertz CT molecular complexity index is 956. The van der Waals surface area contributed by atoms with Crippen molar-refractivity contribution < 1.29 is 4.79 Å². The van der Waals surface area contributed by atoms with Crippen LogP contribution in [0.4, 0.5) is 0 Å². The number of carbonyl (C=O) groups is 1. The minimum Gasteiger partial charge on any atom is -0.331 e. The molecule has 7 heteroatoms. The van der Waals surface area contributed by atoms with Crippen molar-refractivity contribution in [2.45, 2.75) is 19.9 Å². The molecule has 3 aromatic rings. The highest BCUT2D eigenvalue weighted by atomic mass is 35.5. The van der Waals surface area contributed by atoms with Crippen molar-refractivity contribution in [1.82, 2.24) is 19.9 Å². The Balaban J connectivity index is 1.93. The highest BCUT2D eigenvalue weighted by Crippen LogP contribution is 2.15. The predicted molar refractivity (Wildman–Crippen MR) is 96.6 cm³/mol. The number of hydrogen-bond acceptors (Lipinski definition) is 4. The van der Waals surface area contributed by atoms with Gasteiger partial charge in [0.15, 0.2) is 0 Å². The lowest BCUT2D eigenvalue weighted by atomic mass is 10.2. The first-order valence-corrected chi connectivity index (χ1v) is 8.34. The molecule has 0 spiro atoms. The highest BCUT2D eigenvalue weighted by molar-refractivity contribution is 6.31. The van der Waals surface area contributed by atoms with Gasteiger partial charge in [-0.05, 0) is 36.8 Å². The van der Waals surface area contributed by atoms with Crippen molar-refractivity contribution in [3.8, 4) is 0 Å². The molecule has 2 aromatic heterocycles. The van der Waals surface area contributed by atoms with E-state index in [-0.39, 0.29) is 18.0 Å². The van der Waals surface area contributed by atoms with Crippen LogP contribution in [-0.2, 0) is 6.54 Å². The molecule has 0 aliphatic rings. The van der Waals surface area contributed by atoms with E-state index in [9.17, 15) is 9.59 Å². The van der Waals surface area contributed by atoms with Crippen molar-refractivity contribution in [2.75, 3.05) is 6.54 Å². The number of nitrogens with one attached hydrogen (secondary N) is 1. The Morgan fingerprint density at radius 2 is 2.00 bits per heavy atom. The Morgan fingerprint density at radius 1 is 1.24 bits per heavy atom. The second-order valence-corrected chi connectivity index (χ2v) is 6.07. The van der Waals surface area contributed by atoms with Gasteiger partial charge in [0.25, 0.3) is 11.5 Å². The summed E-state index contributed by atoms with van der Waals surface area (Å²) < 4.78 is 0. The molecule has 0 radical (unpaired) electrons. The summed E-state index contributed by atoms with van der Waals surface area (Å²) in [7, 11) is 0. The van der Waals surface area contributed by atoms with Gasteiger partial charge in [0.05, 0.1) is 17.4 Å². The van der Waals surface area contributed by atoms with Gasteiger partial charge < -0.3 is 9.88 Å². The van der Waals surface area contributed by atoms with E-state index in [0.29, 0.717) is 33.9 Å². The molecule has 0 saturated heterocycles. The fraction of sp³-hybridized carbons (Fsp3) is 0.222. The molecule has 0 atom stereocenters. The molecule has 128 valence electrons. The van der Waals surface area contributed by atoms with E-state index in [4.69, 9.17) is 11.6 Å². The molecule has 2 heterocycles. The quantitative estimate of drug-likeness (QED) is 0.762. The van der Waals surface area contributed by atoms with E-state index in [1.807, 2.05) is 6.92 Å². The number of rotatable bonds is 5. The number of benzene rings is 1. The van der Waals surface area contributed by atoms with E-state index in [1.54, 1.807) is 47.6 Å². The second kappa shape index (κ2) is 7.44. The van der Waals surface area contributed by atoms with Crippen LogP contribution in [-0.4, -0.2) is 32.3 Å². The molecule has 0 aliphatic carbocycles. The zero-order valence-corrected chi connectivity index (χ0v) is 14.5. The average Bonchev–Trinajstić information content (AvgIpc) is 2.61. The average molecular weight is 357 g/mol. The Kier molecular flexibility index (Phi) is 5.09. The number of hydrogen-bond donors (Lipinski definition) is 1. The summed E-state index contributed by atoms with van der Waals surface area (Å²) in [6.45, 7) is 2.76. The summed E-state index contributed by atoms with van der Waals surface area (Å²) in [6.07, 6.45) is 3.95. The van der Waals surface area contributed by atoms with Crippen molar-refractivity contribution in [3.05, 3.63) is 69.5 Å². The standard InChI is InChI=1S/C18H17ClN4O2/c1-2-9-23(18(25)12-5-7-20-8-6-12)11-16-21-15-10-13(19)3-4-14(15)17(24)22-16/h3-8,10H,2,9,11H2,1H3,(H,21,22,24). The van der Waals surface area contributed by atoms with Crippen LogP contribution in [0.15, 0.2) is 47.5 Å². The third-order valence-corrected chi connectivity index (χ3v) is 4.00. The maximum atomic E-state index is 12.7. The van der Waals surface area contributed by atoms with Crippen molar-refractivity contribution in [2.24, 2.45) is 0 Å². The van der Waals surface area contributed by atoms with Gasteiger partial charge in [-0.2, -0.15) is 0 Å². The van der Waals surface area contributed by atoms with Gasteiger partial charge in [0.1, 0.15) is 5.82 Å². The molecular formula is C18H17ClN4O2. The van der Waals surface area contributed by atoms with Crippen LogP contribution in [0.25, 0.3) is 10.9 Å². The predicted octanol–water partition coefficient (Wildman–Crippen LogP) is 3.02. The number of aromatic nitrogens is 3. The first-order chi connectivity index (χ1) is 12.1. The molecule has 0 bridgehead atoms. The van der Waals surface area contributed by atoms with Crippen LogP contribution >= 0.6 is 11.6 Å². The lowest BCUT2D eigenvalue weighted by Crippen LogP contribution is -2.32. The number of amides is 1. The lowest BCUT2D eigenvalue weighted by Gasteiger charge is -2.21. The van der Waals surface area contributed by atoms with Gasteiger partial charge in [-0.15, -0.1) is 0 Å². The molecule has 6 nitrogen and oxygen atoms in total. The zero-order chi connectivity index (χ0) is 17.8. The monoisotopic (exact) mass is 356 g/mol. The normalized spacial score (nSPS) is 10.8. The molecule has 0 fully saturated rings. The molecule has 1 aromatic carbocycles. The first-order valence-electron chi connectivity index (χ1n) is 7.96. The fourth-order valence-corrected chi connectivity index (χ4v) is 2.78. The molecule has 0 unspecified atom stereocenters.